The zero-order valence-electron chi connectivity index (χ0n) is 20.5. The molecule has 0 spiro atoms. The molecule has 0 unspecified atom stereocenters. The number of anilines is 2. The van der Waals surface area contributed by atoms with Crippen molar-refractivity contribution < 1.29 is 9.53 Å². The summed E-state index contributed by atoms with van der Waals surface area (Å²) >= 11 is 0. The molecular formula is C28H33N5O2. The SMILES string of the molecule is C=Cc1ccc2c(-c3cc(N)c(N4CCN(C(=O)CCOC)[C@H](C)C4)nc3C3CC3)cccc2n1. The van der Waals surface area contributed by atoms with E-state index in [1.54, 1.807) is 13.2 Å². The van der Waals surface area contributed by atoms with Crippen molar-refractivity contribution in [2.75, 3.05) is 44.0 Å². The highest BCUT2D eigenvalue weighted by atomic mass is 16.5. The van der Waals surface area contributed by atoms with Crippen LogP contribution in [0, 0.1) is 0 Å². The molecule has 3 aromatic rings. The van der Waals surface area contributed by atoms with E-state index in [-0.39, 0.29) is 11.9 Å². The Hall–Kier alpha value is -3.45. The van der Waals surface area contributed by atoms with Gasteiger partial charge in [-0.05, 0) is 49.6 Å². The van der Waals surface area contributed by atoms with Crippen LogP contribution in [-0.2, 0) is 9.53 Å². The summed E-state index contributed by atoms with van der Waals surface area (Å²) in [5.74, 6) is 1.42. The number of carbonyl (C=O) groups excluding carboxylic acids is 1. The first-order chi connectivity index (χ1) is 17.0. The van der Waals surface area contributed by atoms with Crippen molar-refractivity contribution in [2.45, 2.75) is 38.1 Å². The van der Waals surface area contributed by atoms with Gasteiger partial charge in [-0.3, -0.25) is 4.79 Å². The molecule has 1 saturated heterocycles. The van der Waals surface area contributed by atoms with Crippen molar-refractivity contribution in [1.29, 1.82) is 0 Å². The number of methoxy groups -OCH3 is 1. The topological polar surface area (TPSA) is 84.6 Å². The molecule has 2 fully saturated rings. The lowest BCUT2D eigenvalue weighted by Crippen LogP contribution is -2.54. The number of fused-ring (bicyclic) bond motifs is 1. The highest BCUT2D eigenvalue weighted by molar-refractivity contribution is 5.96. The number of hydrogen-bond acceptors (Lipinski definition) is 6. The Morgan fingerprint density at radius 3 is 2.74 bits per heavy atom. The van der Waals surface area contributed by atoms with E-state index in [2.05, 4.69) is 36.6 Å². The Balaban J connectivity index is 1.48. The third-order valence-corrected chi connectivity index (χ3v) is 7.04. The van der Waals surface area contributed by atoms with Crippen LogP contribution >= 0.6 is 0 Å². The zero-order chi connectivity index (χ0) is 24.5. The molecule has 0 radical (unpaired) electrons. The van der Waals surface area contributed by atoms with Crippen LogP contribution in [0.25, 0.3) is 28.1 Å². The fourth-order valence-corrected chi connectivity index (χ4v) is 5.04. The lowest BCUT2D eigenvalue weighted by Gasteiger charge is -2.41. The molecule has 1 aliphatic heterocycles. The summed E-state index contributed by atoms with van der Waals surface area (Å²) in [5.41, 5.74) is 12.4. The number of benzene rings is 1. The average molecular weight is 472 g/mol. The lowest BCUT2D eigenvalue weighted by atomic mass is 9.96. The van der Waals surface area contributed by atoms with E-state index in [0.717, 1.165) is 52.1 Å². The number of nitrogens with two attached hydrogens (primary N) is 1. The summed E-state index contributed by atoms with van der Waals surface area (Å²) in [6.07, 6.45) is 4.47. The van der Waals surface area contributed by atoms with Crippen LogP contribution in [-0.4, -0.2) is 60.2 Å². The molecule has 1 aromatic carbocycles. The Kier molecular flexibility index (Phi) is 6.43. The van der Waals surface area contributed by atoms with Gasteiger partial charge in [-0.25, -0.2) is 9.97 Å². The molecule has 3 heterocycles. The number of pyridine rings is 2. The van der Waals surface area contributed by atoms with Crippen LogP contribution in [0.2, 0.25) is 0 Å². The van der Waals surface area contributed by atoms with E-state index >= 15 is 0 Å². The van der Waals surface area contributed by atoms with E-state index in [1.165, 1.54) is 0 Å². The number of piperazine rings is 1. The number of hydrogen-bond donors (Lipinski definition) is 1. The van der Waals surface area contributed by atoms with E-state index in [0.29, 0.717) is 44.3 Å². The number of nitrogens with zero attached hydrogens (tertiary/aromatic N) is 4. The van der Waals surface area contributed by atoms with Gasteiger partial charge in [0.15, 0.2) is 5.82 Å². The molecule has 1 saturated carbocycles. The van der Waals surface area contributed by atoms with Crippen LogP contribution in [0.15, 0.2) is 43.0 Å². The molecule has 5 rings (SSSR count). The summed E-state index contributed by atoms with van der Waals surface area (Å²) in [5, 5.41) is 1.09. The molecule has 0 bridgehead atoms. The first kappa shape index (κ1) is 23.3. The lowest BCUT2D eigenvalue weighted by molar-refractivity contribution is -0.134. The van der Waals surface area contributed by atoms with Gasteiger partial charge in [0, 0.05) is 49.7 Å². The molecule has 182 valence electrons. The van der Waals surface area contributed by atoms with Crippen LogP contribution in [0.1, 0.15) is 43.5 Å². The number of carbonyl (C=O) groups is 1. The van der Waals surface area contributed by atoms with Crippen LogP contribution in [0.3, 0.4) is 0 Å². The number of ether oxygens (including phenoxy) is 1. The number of rotatable bonds is 7. The molecule has 2 aromatic heterocycles. The van der Waals surface area contributed by atoms with Crippen molar-refractivity contribution in [3.8, 4) is 11.1 Å². The second kappa shape index (κ2) is 9.66. The first-order valence-corrected chi connectivity index (χ1v) is 12.4. The second-order valence-corrected chi connectivity index (χ2v) is 9.55. The summed E-state index contributed by atoms with van der Waals surface area (Å²) in [6.45, 7) is 8.46. The fraction of sp³-hybridized carbons (Fsp3) is 0.393. The van der Waals surface area contributed by atoms with E-state index in [9.17, 15) is 4.79 Å². The molecule has 2 aliphatic rings. The monoisotopic (exact) mass is 471 g/mol. The third kappa shape index (κ3) is 4.60. The number of aromatic nitrogens is 2. The second-order valence-electron chi connectivity index (χ2n) is 9.55. The average Bonchev–Trinajstić information content (AvgIpc) is 3.71. The van der Waals surface area contributed by atoms with E-state index in [1.807, 2.05) is 23.1 Å². The maximum Gasteiger partial charge on any atom is 0.225 e. The molecule has 1 amide bonds. The predicted molar refractivity (Wildman–Crippen MR) is 141 cm³/mol. The van der Waals surface area contributed by atoms with Gasteiger partial charge in [0.25, 0.3) is 0 Å². The molecule has 2 N–H and O–H groups in total. The standard InChI is InChI=1S/C28H33N5O2/c1-4-20-10-11-22-21(6-5-7-25(22)30-20)23-16-24(29)28(31-27(23)19-8-9-19)32-13-14-33(18(2)17-32)26(34)12-15-35-3/h4-7,10-11,16,18-19H,1,8-9,12-15,17,29H2,2-3H3/t18-/m1/s1. The summed E-state index contributed by atoms with van der Waals surface area (Å²) in [7, 11) is 1.62. The Bertz CT molecular complexity index is 1270. The number of nitrogen functional groups attached to an aromatic ring is 1. The minimum atomic E-state index is 0.0848. The molecule has 1 atom stereocenters. The first-order valence-electron chi connectivity index (χ1n) is 12.4. The van der Waals surface area contributed by atoms with Gasteiger partial charge in [0.05, 0.1) is 35.6 Å². The van der Waals surface area contributed by atoms with Crippen molar-refractivity contribution in [1.82, 2.24) is 14.9 Å². The van der Waals surface area contributed by atoms with Crippen LogP contribution in [0.5, 0.6) is 0 Å². The summed E-state index contributed by atoms with van der Waals surface area (Å²) in [4.78, 5) is 26.6. The molecule has 35 heavy (non-hydrogen) atoms. The van der Waals surface area contributed by atoms with Crippen molar-refractivity contribution >= 4 is 34.4 Å². The molecule has 7 nitrogen and oxygen atoms in total. The fourth-order valence-electron chi connectivity index (χ4n) is 5.04. The summed E-state index contributed by atoms with van der Waals surface area (Å²) in [6, 6.07) is 12.5. The predicted octanol–water partition coefficient (Wildman–Crippen LogP) is 4.47. The Morgan fingerprint density at radius 2 is 2.03 bits per heavy atom. The van der Waals surface area contributed by atoms with Gasteiger partial charge in [-0.1, -0.05) is 24.8 Å². The van der Waals surface area contributed by atoms with Gasteiger partial charge >= 0.3 is 0 Å². The Labute approximate surface area is 206 Å². The minimum Gasteiger partial charge on any atom is -0.396 e. The van der Waals surface area contributed by atoms with Gasteiger partial charge in [-0.15, -0.1) is 0 Å². The van der Waals surface area contributed by atoms with Gasteiger partial charge in [0.2, 0.25) is 5.91 Å². The minimum absolute atomic E-state index is 0.0848. The van der Waals surface area contributed by atoms with Gasteiger partial charge in [0.1, 0.15) is 0 Å². The molecular weight excluding hydrogens is 438 g/mol. The maximum absolute atomic E-state index is 12.6. The summed E-state index contributed by atoms with van der Waals surface area (Å²) < 4.78 is 5.08. The molecule has 1 aliphatic carbocycles. The van der Waals surface area contributed by atoms with Gasteiger partial charge in [-0.2, -0.15) is 0 Å². The van der Waals surface area contributed by atoms with E-state index < -0.39 is 0 Å². The van der Waals surface area contributed by atoms with Crippen molar-refractivity contribution in [3.63, 3.8) is 0 Å². The van der Waals surface area contributed by atoms with Crippen LogP contribution in [0.4, 0.5) is 11.5 Å². The largest absolute Gasteiger partial charge is 0.396 e. The smallest absolute Gasteiger partial charge is 0.225 e. The van der Waals surface area contributed by atoms with Gasteiger partial charge < -0.3 is 20.3 Å². The quantitative estimate of drug-likeness (QED) is 0.547. The van der Waals surface area contributed by atoms with Crippen molar-refractivity contribution in [2.24, 2.45) is 0 Å². The molecule has 7 heteroatoms. The normalized spacial score (nSPS) is 18.2. The van der Waals surface area contributed by atoms with E-state index in [4.69, 9.17) is 20.4 Å². The van der Waals surface area contributed by atoms with Crippen molar-refractivity contribution in [3.05, 3.63) is 54.4 Å². The van der Waals surface area contributed by atoms with Crippen LogP contribution < -0.4 is 10.6 Å². The third-order valence-electron chi connectivity index (χ3n) is 7.04. The highest BCUT2D eigenvalue weighted by Gasteiger charge is 2.33. The highest BCUT2D eigenvalue weighted by Crippen LogP contribution is 2.46. The Morgan fingerprint density at radius 1 is 1.20 bits per heavy atom. The number of amides is 1. The maximum atomic E-state index is 12.6. The zero-order valence-corrected chi connectivity index (χ0v) is 20.5.